The van der Waals surface area contributed by atoms with E-state index >= 15 is 0 Å². The van der Waals surface area contributed by atoms with Crippen LogP contribution in [0.15, 0.2) is 48.5 Å². The highest BCUT2D eigenvalue weighted by molar-refractivity contribution is 14.1. The van der Waals surface area contributed by atoms with Gasteiger partial charge in [0.2, 0.25) is 0 Å². The Morgan fingerprint density at radius 2 is 1.58 bits per heavy atom. The SMILES string of the molecule is O=C(Oc1cccc2c(C(=O)OCC(F)(F)S(=O)(=O)O)cccc12)c1cc(I)cc(I)c1I. The minimum absolute atomic E-state index is 0.125. The Labute approximate surface area is 227 Å². The fourth-order valence-corrected chi connectivity index (χ4v) is 5.29. The van der Waals surface area contributed by atoms with Gasteiger partial charge in [-0.2, -0.15) is 17.2 Å². The van der Waals surface area contributed by atoms with Crippen molar-refractivity contribution < 1.29 is 40.8 Å². The lowest BCUT2D eigenvalue weighted by Gasteiger charge is -2.14. The smallest absolute Gasteiger partial charge is 0.402 e. The maximum atomic E-state index is 13.4. The molecule has 3 aromatic carbocycles. The van der Waals surface area contributed by atoms with Gasteiger partial charge in [0.1, 0.15) is 5.75 Å². The van der Waals surface area contributed by atoms with Crippen LogP contribution in [0.4, 0.5) is 8.78 Å². The molecule has 174 valence electrons. The van der Waals surface area contributed by atoms with Crippen LogP contribution in [0, 0.1) is 10.7 Å². The number of esters is 2. The number of benzene rings is 3. The molecule has 0 aliphatic heterocycles. The first-order chi connectivity index (χ1) is 15.3. The quantitative estimate of drug-likeness (QED) is 0.115. The maximum Gasteiger partial charge on any atom is 0.402 e. The summed E-state index contributed by atoms with van der Waals surface area (Å²) in [7, 11) is -5.75. The molecular weight excluding hydrogens is 803 g/mol. The summed E-state index contributed by atoms with van der Waals surface area (Å²) in [5, 5.41) is -4.09. The van der Waals surface area contributed by atoms with Crippen molar-refractivity contribution in [2.24, 2.45) is 0 Å². The summed E-state index contributed by atoms with van der Waals surface area (Å²) in [6, 6.07) is 12.3. The molecule has 3 rings (SSSR count). The van der Waals surface area contributed by atoms with E-state index in [4.69, 9.17) is 9.29 Å². The Morgan fingerprint density at radius 1 is 0.939 bits per heavy atom. The molecule has 0 spiro atoms. The Hall–Kier alpha value is -1.18. The van der Waals surface area contributed by atoms with Gasteiger partial charge in [0.25, 0.3) is 0 Å². The number of fused-ring (bicyclic) bond motifs is 1. The summed E-state index contributed by atoms with van der Waals surface area (Å²) >= 11 is 6.23. The van der Waals surface area contributed by atoms with Gasteiger partial charge >= 0.3 is 27.3 Å². The monoisotopic (exact) mass is 814 g/mol. The molecule has 1 N–H and O–H groups in total. The molecule has 0 radical (unpaired) electrons. The zero-order valence-electron chi connectivity index (χ0n) is 16.0. The molecule has 0 aromatic heterocycles. The highest BCUT2D eigenvalue weighted by atomic mass is 127. The van der Waals surface area contributed by atoms with Crippen LogP contribution >= 0.6 is 67.8 Å². The number of carbonyl (C=O) groups excluding carboxylic acids is 2. The van der Waals surface area contributed by atoms with Crippen molar-refractivity contribution in [2.75, 3.05) is 6.61 Å². The number of alkyl halides is 2. The van der Waals surface area contributed by atoms with Crippen LogP contribution in [-0.2, 0) is 14.9 Å². The highest BCUT2D eigenvalue weighted by Gasteiger charge is 2.45. The molecule has 0 amide bonds. The van der Waals surface area contributed by atoms with Crippen LogP contribution < -0.4 is 4.74 Å². The predicted octanol–water partition coefficient (Wildman–Crippen LogP) is 5.51. The first-order valence-electron chi connectivity index (χ1n) is 8.72. The van der Waals surface area contributed by atoms with Gasteiger partial charge in [-0.1, -0.05) is 24.3 Å². The molecule has 0 fully saturated rings. The van der Waals surface area contributed by atoms with Crippen LogP contribution in [0.25, 0.3) is 10.8 Å². The number of hydrogen-bond acceptors (Lipinski definition) is 6. The fourth-order valence-electron chi connectivity index (χ4n) is 2.71. The summed E-state index contributed by atoms with van der Waals surface area (Å²) in [6.45, 7) is -1.86. The van der Waals surface area contributed by atoms with Crippen molar-refractivity contribution >= 4 is 101 Å². The summed E-state index contributed by atoms with van der Waals surface area (Å²) < 4.78 is 69.2. The molecule has 0 heterocycles. The van der Waals surface area contributed by atoms with Crippen molar-refractivity contribution in [1.29, 1.82) is 0 Å². The van der Waals surface area contributed by atoms with Crippen LogP contribution in [-0.4, -0.2) is 36.8 Å². The Kier molecular flexibility index (Phi) is 8.17. The largest absolute Gasteiger partial charge is 0.454 e. The molecule has 0 aliphatic rings. The second-order valence-corrected chi connectivity index (χ2v) is 11.5. The van der Waals surface area contributed by atoms with Gasteiger partial charge in [-0.25, -0.2) is 9.59 Å². The number of ether oxygens (including phenoxy) is 2. The third kappa shape index (κ3) is 5.91. The lowest BCUT2D eigenvalue weighted by molar-refractivity contribution is -0.00937. The lowest BCUT2D eigenvalue weighted by atomic mass is 10.0. The van der Waals surface area contributed by atoms with Crippen LogP contribution in [0.2, 0.25) is 0 Å². The third-order valence-electron chi connectivity index (χ3n) is 4.27. The van der Waals surface area contributed by atoms with Crippen molar-refractivity contribution in [2.45, 2.75) is 5.25 Å². The van der Waals surface area contributed by atoms with Crippen molar-refractivity contribution in [1.82, 2.24) is 0 Å². The van der Waals surface area contributed by atoms with Gasteiger partial charge in [-0.15, -0.1) is 0 Å². The van der Waals surface area contributed by atoms with Crippen LogP contribution in [0.5, 0.6) is 5.75 Å². The molecular formula is C20H11F2I3O7S. The van der Waals surface area contributed by atoms with Crippen molar-refractivity contribution in [3.8, 4) is 5.75 Å². The lowest BCUT2D eigenvalue weighted by Crippen LogP contribution is -2.34. The van der Waals surface area contributed by atoms with E-state index < -0.39 is 33.9 Å². The van der Waals surface area contributed by atoms with E-state index in [0.717, 1.165) is 7.14 Å². The zero-order chi connectivity index (χ0) is 24.6. The maximum absolute atomic E-state index is 13.4. The number of hydrogen-bond donors (Lipinski definition) is 1. The summed E-state index contributed by atoms with van der Waals surface area (Å²) in [5.41, 5.74) is 0.196. The summed E-state index contributed by atoms with van der Waals surface area (Å²) in [6.07, 6.45) is 0. The molecule has 13 heteroatoms. The number of rotatable bonds is 6. The molecule has 3 aromatic rings. The third-order valence-corrected chi connectivity index (χ3v) is 8.81. The van der Waals surface area contributed by atoms with E-state index in [9.17, 15) is 26.8 Å². The van der Waals surface area contributed by atoms with E-state index in [2.05, 4.69) is 49.9 Å². The van der Waals surface area contributed by atoms with Gasteiger partial charge in [-0.05, 0) is 97.4 Å². The molecule has 0 saturated carbocycles. The number of halogens is 5. The number of carbonyl (C=O) groups is 2. The Morgan fingerprint density at radius 3 is 2.24 bits per heavy atom. The first-order valence-corrected chi connectivity index (χ1v) is 13.4. The van der Waals surface area contributed by atoms with Crippen molar-refractivity contribution in [3.63, 3.8) is 0 Å². The standard InChI is InChI=1S/C20H11F2I3O7S/c21-20(22,33(28,29)30)9-31-18(26)13-5-1-4-12-11(13)3-2-6-16(12)32-19(27)14-7-10(23)8-15(24)17(14)25/h1-8H,9H2,(H,28,29,30). The van der Waals surface area contributed by atoms with Crippen molar-refractivity contribution in [3.05, 3.63) is 70.4 Å². The Bertz CT molecular complexity index is 1380. The topological polar surface area (TPSA) is 107 Å². The minimum atomic E-state index is -5.75. The average Bonchev–Trinajstić information content (AvgIpc) is 2.73. The van der Waals surface area contributed by atoms with E-state index in [-0.39, 0.29) is 16.7 Å². The molecule has 0 unspecified atom stereocenters. The summed E-state index contributed by atoms with van der Waals surface area (Å²) in [5.74, 6) is -1.74. The van der Waals surface area contributed by atoms with E-state index in [1.54, 1.807) is 12.1 Å². The van der Waals surface area contributed by atoms with Gasteiger partial charge in [0, 0.05) is 16.1 Å². The molecule has 33 heavy (non-hydrogen) atoms. The molecule has 0 bridgehead atoms. The Balaban J connectivity index is 1.93. The van der Waals surface area contributed by atoms with Crippen LogP contribution in [0.3, 0.4) is 0 Å². The molecule has 0 aliphatic carbocycles. The average molecular weight is 814 g/mol. The predicted molar refractivity (Wildman–Crippen MR) is 140 cm³/mol. The van der Waals surface area contributed by atoms with Gasteiger partial charge in [0.15, 0.2) is 6.61 Å². The normalized spacial score (nSPS) is 11.9. The zero-order valence-corrected chi connectivity index (χ0v) is 23.3. The summed E-state index contributed by atoms with van der Waals surface area (Å²) in [4.78, 5) is 25.2. The molecule has 0 atom stereocenters. The second kappa shape index (κ2) is 10.2. The van der Waals surface area contributed by atoms with Gasteiger partial charge < -0.3 is 9.47 Å². The minimum Gasteiger partial charge on any atom is -0.454 e. The second-order valence-electron chi connectivity index (χ2n) is 6.48. The first kappa shape index (κ1) is 26.4. The van der Waals surface area contributed by atoms with Crippen LogP contribution in [0.1, 0.15) is 20.7 Å². The van der Waals surface area contributed by atoms with Gasteiger partial charge in [0.05, 0.1) is 11.1 Å². The fraction of sp³-hybridized carbons (Fsp3) is 0.100. The van der Waals surface area contributed by atoms with E-state index in [0.29, 0.717) is 14.5 Å². The van der Waals surface area contributed by atoms with E-state index in [1.165, 1.54) is 30.3 Å². The molecule has 0 saturated heterocycles. The highest BCUT2D eigenvalue weighted by Crippen LogP contribution is 2.31. The van der Waals surface area contributed by atoms with Gasteiger partial charge in [-0.3, -0.25) is 4.55 Å². The van der Waals surface area contributed by atoms with E-state index in [1.807, 2.05) is 28.7 Å². The molecule has 7 nitrogen and oxygen atoms in total.